The Morgan fingerprint density at radius 1 is 1.25 bits per heavy atom. The molecule has 0 unspecified atom stereocenters. The van der Waals surface area contributed by atoms with Gasteiger partial charge in [0.1, 0.15) is 11.3 Å². The van der Waals surface area contributed by atoms with Gasteiger partial charge in [0.05, 0.1) is 0 Å². The number of carbonyl (C=O) groups is 1. The van der Waals surface area contributed by atoms with Gasteiger partial charge in [0.15, 0.2) is 5.82 Å². The molecular weight excluding hydrogens is 354 g/mol. The van der Waals surface area contributed by atoms with Crippen molar-refractivity contribution in [2.75, 3.05) is 30.4 Å². The molecule has 7 heteroatoms. The van der Waals surface area contributed by atoms with Crippen molar-refractivity contribution in [1.82, 2.24) is 15.1 Å². The first-order valence-electron chi connectivity index (χ1n) is 9.59. The Hall–Kier alpha value is -3.09. The summed E-state index contributed by atoms with van der Waals surface area (Å²) in [5.74, 6) is 1.80. The third kappa shape index (κ3) is 3.52. The summed E-state index contributed by atoms with van der Waals surface area (Å²) in [5.41, 5.74) is 2.74. The standard InChI is InChI=1S/C21H25N5O2/c1-14-15(2)28-19-7-6-16(13-18(14)19)23-21(27)25(3)17-8-11-26(12-9-17)20-5-4-10-22-24-20/h4-7,10,13,17H,8-9,11-12H2,1-3H3,(H,23,27). The number of nitrogens with one attached hydrogen (secondary N) is 1. The molecule has 0 atom stereocenters. The smallest absolute Gasteiger partial charge is 0.321 e. The van der Waals surface area contributed by atoms with Gasteiger partial charge < -0.3 is 19.5 Å². The van der Waals surface area contributed by atoms with E-state index in [4.69, 9.17) is 4.42 Å². The van der Waals surface area contributed by atoms with Gasteiger partial charge in [-0.15, -0.1) is 5.10 Å². The number of piperidine rings is 1. The third-order valence-corrected chi connectivity index (χ3v) is 5.64. The van der Waals surface area contributed by atoms with Crippen molar-refractivity contribution in [3.8, 4) is 0 Å². The number of amides is 2. The number of benzene rings is 1. The lowest BCUT2D eigenvalue weighted by atomic mass is 10.0. The molecule has 1 saturated heterocycles. The Morgan fingerprint density at radius 3 is 2.75 bits per heavy atom. The Balaban J connectivity index is 1.38. The summed E-state index contributed by atoms with van der Waals surface area (Å²) in [6.45, 7) is 5.71. The summed E-state index contributed by atoms with van der Waals surface area (Å²) in [4.78, 5) is 16.8. The van der Waals surface area contributed by atoms with E-state index in [1.807, 2.05) is 56.1 Å². The zero-order valence-electron chi connectivity index (χ0n) is 16.5. The Bertz CT molecular complexity index is 977. The maximum Gasteiger partial charge on any atom is 0.321 e. The van der Waals surface area contributed by atoms with Crippen LogP contribution in [0.1, 0.15) is 24.2 Å². The number of aromatic nitrogens is 2. The Kier molecular flexibility index (Phi) is 4.90. The predicted molar refractivity (Wildman–Crippen MR) is 110 cm³/mol. The van der Waals surface area contributed by atoms with E-state index in [0.29, 0.717) is 0 Å². The molecule has 0 spiro atoms. The highest BCUT2D eigenvalue weighted by atomic mass is 16.3. The van der Waals surface area contributed by atoms with E-state index < -0.39 is 0 Å². The highest BCUT2D eigenvalue weighted by molar-refractivity contribution is 5.93. The van der Waals surface area contributed by atoms with Crippen LogP contribution in [0.5, 0.6) is 0 Å². The van der Waals surface area contributed by atoms with Crippen molar-refractivity contribution >= 4 is 28.5 Å². The highest BCUT2D eigenvalue weighted by Gasteiger charge is 2.26. The van der Waals surface area contributed by atoms with Gasteiger partial charge in [-0.05, 0) is 62.6 Å². The maximum atomic E-state index is 12.7. The number of hydrogen-bond acceptors (Lipinski definition) is 5. The third-order valence-electron chi connectivity index (χ3n) is 5.64. The van der Waals surface area contributed by atoms with Crippen molar-refractivity contribution in [2.24, 2.45) is 0 Å². The second-order valence-electron chi connectivity index (χ2n) is 7.34. The lowest BCUT2D eigenvalue weighted by molar-refractivity contribution is 0.193. The van der Waals surface area contributed by atoms with E-state index >= 15 is 0 Å². The quantitative estimate of drug-likeness (QED) is 0.745. The largest absolute Gasteiger partial charge is 0.461 e. The van der Waals surface area contributed by atoms with Gasteiger partial charge in [-0.2, -0.15) is 5.10 Å². The number of urea groups is 1. The van der Waals surface area contributed by atoms with Crippen molar-refractivity contribution in [3.63, 3.8) is 0 Å². The molecule has 4 rings (SSSR count). The minimum atomic E-state index is -0.0878. The number of hydrogen-bond donors (Lipinski definition) is 1. The zero-order valence-corrected chi connectivity index (χ0v) is 16.5. The molecule has 7 nitrogen and oxygen atoms in total. The van der Waals surface area contributed by atoms with E-state index in [1.54, 1.807) is 6.20 Å². The number of carbonyl (C=O) groups excluding carboxylic acids is 1. The molecule has 3 heterocycles. The molecule has 0 radical (unpaired) electrons. The van der Waals surface area contributed by atoms with Crippen LogP contribution in [-0.4, -0.2) is 47.3 Å². The summed E-state index contributed by atoms with van der Waals surface area (Å²) >= 11 is 0. The molecule has 1 aliphatic heterocycles. The molecule has 0 saturated carbocycles. The minimum Gasteiger partial charge on any atom is -0.461 e. The summed E-state index contributed by atoms with van der Waals surface area (Å²) in [7, 11) is 1.86. The van der Waals surface area contributed by atoms with Crippen LogP contribution in [0.4, 0.5) is 16.3 Å². The molecule has 0 bridgehead atoms. The van der Waals surface area contributed by atoms with Crippen molar-refractivity contribution in [1.29, 1.82) is 0 Å². The van der Waals surface area contributed by atoms with E-state index in [-0.39, 0.29) is 12.1 Å². The predicted octanol–water partition coefficient (Wildman–Crippen LogP) is 3.97. The molecule has 1 aromatic carbocycles. The number of rotatable bonds is 3. The molecule has 146 valence electrons. The highest BCUT2D eigenvalue weighted by Crippen LogP contribution is 2.28. The Morgan fingerprint density at radius 2 is 2.04 bits per heavy atom. The fourth-order valence-corrected chi connectivity index (χ4v) is 3.74. The molecule has 1 fully saturated rings. The van der Waals surface area contributed by atoms with Crippen LogP contribution in [0, 0.1) is 13.8 Å². The molecule has 1 N–H and O–H groups in total. The lowest BCUT2D eigenvalue weighted by Crippen LogP contribution is -2.47. The minimum absolute atomic E-state index is 0.0878. The molecular formula is C21H25N5O2. The molecule has 2 aromatic heterocycles. The number of aryl methyl sites for hydroxylation is 2. The first-order chi connectivity index (χ1) is 13.5. The maximum absolute atomic E-state index is 12.7. The summed E-state index contributed by atoms with van der Waals surface area (Å²) in [6, 6.07) is 9.75. The van der Waals surface area contributed by atoms with Crippen LogP contribution in [0.25, 0.3) is 11.0 Å². The second kappa shape index (κ2) is 7.50. The van der Waals surface area contributed by atoms with E-state index in [1.165, 1.54) is 0 Å². The van der Waals surface area contributed by atoms with Crippen molar-refractivity contribution < 1.29 is 9.21 Å². The zero-order chi connectivity index (χ0) is 19.7. The van der Waals surface area contributed by atoms with Gasteiger partial charge >= 0.3 is 6.03 Å². The van der Waals surface area contributed by atoms with E-state index in [2.05, 4.69) is 20.4 Å². The normalized spacial score (nSPS) is 15.0. The lowest BCUT2D eigenvalue weighted by Gasteiger charge is -2.37. The van der Waals surface area contributed by atoms with Gasteiger partial charge in [0.2, 0.25) is 0 Å². The first-order valence-corrected chi connectivity index (χ1v) is 9.59. The molecule has 0 aliphatic carbocycles. The molecule has 3 aromatic rings. The first kappa shape index (κ1) is 18.3. The monoisotopic (exact) mass is 379 g/mol. The average molecular weight is 379 g/mol. The summed E-state index contributed by atoms with van der Waals surface area (Å²) < 4.78 is 5.71. The van der Waals surface area contributed by atoms with Gasteiger partial charge in [0.25, 0.3) is 0 Å². The van der Waals surface area contributed by atoms with Crippen LogP contribution in [0.2, 0.25) is 0 Å². The number of nitrogens with zero attached hydrogens (tertiary/aromatic N) is 4. The summed E-state index contributed by atoms with van der Waals surface area (Å²) in [6.07, 6.45) is 3.48. The van der Waals surface area contributed by atoms with Crippen LogP contribution in [0.15, 0.2) is 40.9 Å². The van der Waals surface area contributed by atoms with E-state index in [0.717, 1.165) is 59.7 Å². The van der Waals surface area contributed by atoms with Crippen LogP contribution in [-0.2, 0) is 0 Å². The molecule has 2 amide bonds. The number of furan rings is 1. The van der Waals surface area contributed by atoms with Gasteiger partial charge in [0, 0.05) is 43.4 Å². The van der Waals surface area contributed by atoms with E-state index in [9.17, 15) is 4.79 Å². The van der Waals surface area contributed by atoms with Gasteiger partial charge in [-0.1, -0.05) is 0 Å². The Labute approximate surface area is 164 Å². The van der Waals surface area contributed by atoms with Crippen molar-refractivity contribution in [2.45, 2.75) is 32.7 Å². The fourth-order valence-electron chi connectivity index (χ4n) is 3.74. The second-order valence-corrected chi connectivity index (χ2v) is 7.34. The van der Waals surface area contributed by atoms with Gasteiger partial charge in [-0.3, -0.25) is 0 Å². The topological polar surface area (TPSA) is 74.5 Å². The average Bonchev–Trinajstić information content (AvgIpc) is 3.02. The number of anilines is 2. The van der Waals surface area contributed by atoms with Crippen LogP contribution >= 0.6 is 0 Å². The molecule has 1 aliphatic rings. The van der Waals surface area contributed by atoms with Crippen LogP contribution < -0.4 is 10.2 Å². The number of fused-ring (bicyclic) bond motifs is 1. The fraction of sp³-hybridized carbons (Fsp3) is 0.381. The van der Waals surface area contributed by atoms with Crippen LogP contribution in [0.3, 0.4) is 0 Å². The SMILES string of the molecule is Cc1oc2ccc(NC(=O)N(C)C3CCN(c4cccnn4)CC3)cc2c1C. The van der Waals surface area contributed by atoms with Gasteiger partial charge in [-0.25, -0.2) is 4.79 Å². The summed E-state index contributed by atoms with van der Waals surface area (Å²) in [5, 5.41) is 12.2. The molecule has 28 heavy (non-hydrogen) atoms. The van der Waals surface area contributed by atoms with Crippen molar-refractivity contribution in [3.05, 3.63) is 47.9 Å².